The molecule has 0 aromatic heterocycles. The fraction of sp³-hybridized carbons (Fsp3) is 0.585. The quantitative estimate of drug-likeness (QED) is 0.246. The van der Waals surface area contributed by atoms with Gasteiger partial charge in [0.2, 0.25) is 0 Å². The van der Waals surface area contributed by atoms with Gasteiger partial charge in [-0.15, -0.1) is 0 Å². The summed E-state index contributed by atoms with van der Waals surface area (Å²) >= 11 is 0. The Morgan fingerprint density at radius 2 is 1.83 bits per heavy atom. The number of nitrogens with two attached hydrogens (primary N) is 1. The summed E-state index contributed by atoms with van der Waals surface area (Å²) in [5.74, 6) is 3.26. The second-order valence-electron chi connectivity index (χ2n) is 21.4. The maximum absolute atomic E-state index is 15.9. The highest BCUT2D eigenvalue weighted by Gasteiger charge is 2.92. The molecule has 15 bridgehead atoms. The largest absolute Gasteiger partial charge is 0.449 e. The fourth-order valence-corrected chi connectivity index (χ4v) is 16.9. The molecular weight excluding hydrogens is 743 g/mol. The summed E-state index contributed by atoms with van der Waals surface area (Å²) in [7, 11) is 0. The van der Waals surface area contributed by atoms with Crippen LogP contribution in [0.1, 0.15) is 111 Å². The molecule has 9 aliphatic heterocycles. The third kappa shape index (κ3) is 4.40. The monoisotopic (exact) mass is 803 g/mol. The Kier molecular flexibility index (Phi) is 7.84. The standard InChI is InChI=1S/C53H61N3O4/c1-30-22-36-16-17-42-38-25-34-27-55(29-38)31(2)15-18-44-51-20-19-39-41-26-37(45(30)47(39)48(36)56(42)28-34)24-33-10-5-9-32(23-33)8-3-4-14-43(52(41,51)50(58)59-44)53(51)40-13-6-11-35(12-7-21-54)46(40)49(57)60-53/h5-6,9-11,13,16-18,23,30-31,34,37-38,42-43,45,47H,3-4,7-8,12,14-15,19-22,24-29,54H2,1-2H3. The number of benzene rings is 2. The van der Waals surface area contributed by atoms with Crippen LogP contribution in [-0.4, -0.2) is 60.0 Å². The predicted molar refractivity (Wildman–Crippen MR) is 230 cm³/mol. The second-order valence-corrected chi connectivity index (χ2v) is 21.4. The van der Waals surface area contributed by atoms with Gasteiger partial charge in [0, 0.05) is 48.8 Å². The van der Waals surface area contributed by atoms with E-state index in [1.807, 2.05) is 0 Å². The molecule has 2 aromatic rings. The Labute approximate surface area is 355 Å². The summed E-state index contributed by atoms with van der Waals surface area (Å²) < 4.78 is 14.2. The van der Waals surface area contributed by atoms with E-state index in [0.717, 1.165) is 119 Å². The second kappa shape index (κ2) is 12.8. The number of nitrogens with zero attached hydrogens (tertiary/aromatic N) is 2. The van der Waals surface area contributed by atoms with Crippen LogP contribution in [0.5, 0.6) is 0 Å². The van der Waals surface area contributed by atoms with Crippen LogP contribution in [0.2, 0.25) is 0 Å². The zero-order valence-corrected chi connectivity index (χ0v) is 35.6. The van der Waals surface area contributed by atoms with E-state index in [0.29, 0.717) is 48.2 Å². The van der Waals surface area contributed by atoms with E-state index < -0.39 is 16.4 Å². The van der Waals surface area contributed by atoms with Gasteiger partial charge in [-0.1, -0.05) is 79.1 Å². The highest BCUT2D eigenvalue weighted by atomic mass is 16.6. The number of carbonyl (C=O) groups is 2. The summed E-state index contributed by atoms with van der Waals surface area (Å²) in [6.07, 6.45) is 19.7. The Morgan fingerprint density at radius 1 is 0.950 bits per heavy atom. The van der Waals surface area contributed by atoms with Crippen LogP contribution in [0.4, 0.5) is 0 Å². The molecule has 3 spiro atoms. The molecule has 14 aliphatic rings. The van der Waals surface area contributed by atoms with Crippen LogP contribution in [0.15, 0.2) is 88.9 Å². The van der Waals surface area contributed by atoms with E-state index in [-0.39, 0.29) is 23.8 Å². The van der Waals surface area contributed by atoms with Crippen molar-refractivity contribution in [3.05, 3.63) is 117 Å². The topological polar surface area (TPSA) is 85.1 Å². The van der Waals surface area contributed by atoms with Gasteiger partial charge in [0.1, 0.15) is 11.2 Å². The van der Waals surface area contributed by atoms with Gasteiger partial charge in [0.05, 0.1) is 17.0 Å². The van der Waals surface area contributed by atoms with Crippen LogP contribution < -0.4 is 5.73 Å². The first kappa shape index (κ1) is 36.7. The van der Waals surface area contributed by atoms with Crippen LogP contribution in [0, 0.1) is 52.3 Å². The molecule has 4 fully saturated rings. The van der Waals surface area contributed by atoms with Gasteiger partial charge in [-0.05, 0) is 148 Å². The van der Waals surface area contributed by atoms with Crippen LogP contribution in [-0.2, 0) is 39.1 Å². The number of piperidine rings is 2. The van der Waals surface area contributed by atoms with Gasteiger partial charge in [0.15, 0.2) is 5.60 Å². The number of allylic oxidation sites excluding steroid dienone is 3. The summed E-state index contributed by atoms with van der Waals surface area (Å²) in [6.45, 7) is 8.85. The molecule has 2 N–H and O–H groups in total. The highest BCUT2D eigenvalue weighted by Crippen LogP contribution is 2.87. The molecule has 5 aliphatic carbocycles. The molecule has 0 radical (unpaired) electrons. The summed E-state index contributed by atoms with van der Waals surface area (Å²) in [5, 5.41) is 0. The van der Waals surface area contributed by atoms with Gasteiger partial charge >= 0.3 is 11.9 Å². The number of ether oxygens (including phenoxy) is 2. The predicted octanol–water partition coefficient (Wildman–Crippen LogP) is 8.58. The van der Waals surface area contributed by atoms with Gasteiger partial charge < -0.3 is 20.1 Å². The average molecular weight is 804 g/mol. The lowest BCUT2D eigenvalue weighted by Crippen LogP contribution is -2.77. The minimum Gasteiger partial charge on any atom is -0.449 e. The zero-order chi connectivity index (χ0) is 40.3. The molecule has 312 valence electrons. The van der Waals surface area contributed by atoms with E-state index >= 15 is 4.79 Å². The van der Waals surface area contributed by atoms with Crippen LogP contribution in [0.25, 0.3) is 0 Å². The molecule has 0 amide bonds. The van der Waals surface area contributed by atoms with Crippen molar-refractivity contribution < 1.29 is 19.1 Å². The van der Waals surface area contributed by atoms with Crippen molar-refractivity contribution in [2.45, 2.75) is 115 Å². The van der Waals surface area contributed by atoms with Crippen LogP contribution in [0.3, 0.4) is 0 Å². The fourth-order valence-electron chi connectivity index (χ4n) is 16.9. The average Bonchev–Trinajstić information content (AvgIpc) is 3.69. The van der Waals surface area contributed by atoms with Crippen molar-refractivity contribution in [3.63, 3.8) is 0 Å². The van der Waals surface area contributed by atoms with Crippen molar-refractivity contribution in [2.24, 2.45) is 58.0 Å². The summed E-state index contributed by atoms with van der Waals surface area (Å²) in [4.78, 5) is 36.4. The number of carbonyl (C=O) groups excluding carboxylic acids is 2. The van der Waals surface area contributed by atoms with Gasteiger partial charge in [-0.2, -0.15) is 0 Å². The highest BCUT2D eigenvalue weighted by molar-refractivity contribution is 6.00. The molecule has 9 heterocycles. The smallest absolute Gasteiger partial charge is 0.339 e. The number of rotatable bonds is 3. The number of aryl methyl sites for hydroxylation is 2. The molecule has 7 nitrogen and oxygen atoms in total. The zero-order valence-electron chi connectivity index (χ0n) is 35.6. The van der Waals surface area contributed by atoms with Gasteiger partial charge in [0.25, 0.3) is 0 Å². The van der Waals surface area contributed by atoms with Crippen molar-refractivity contribution in [2.75, 3.05) is 26.2 Å². The maximum atomic E-state index is 15.9. The third-order valence-corrected chi connectivity index (χ3v) is 18.8. The first-order valence-electron chi connectivity index (χ1n) is 24.0. The van der Waals surface area contributed by atoms with Gasteiger partial charge in [-0.3, -0.25) is 9.69 Å². The molecule has 7 heteroatoms. The minimum absolute atomic E-state index is 0.0609. The number of hydrogen-bond acceptors (Lipinski definition) is 7. The molecule has 16 rings (SSSR count). The Morgan fingerprint density at radius 3 is 2.73 bits per heavy atom. The van der Waals surface area contributed by atoms with Crippen LogP contribution >= 0.6 is 0 Å². The molecule has 1 saturated carbocycles. The third-order valence-electron chi connectivity index (χ3n) is 18.8. The number of hydrogen-bond donors (Lipinski definition) is 1. The lowest BCUT2D eigenvalue weighted by molar-refractivity contribution is -0.278. The van der Waals surface area contributed by atoms with Crippen molar-refractivity contribution in [3.8, 4) is 0 Å². The lowest BCUT2D eigenvalue weighted by atomic mass is 9.28. The normalized spacial score (nSPS) is 42.6. The first-order valence-corrected chi connectivity index (χ1v) is 24.0. The SMILES string of the molecule is CC1CC2=C3C4C5=C6CC(Cc7cccc(c7)CCCCC7C68C(=O)OC(=CCC(C)N6CC9CC(C6)C(C=C2)N3C9)C8(CC5)C72OC(=O)c3c(CCCN)cccc32)C14. The summed E-state index contributed by atoms with van der Waals surface area (Å²) in [6, 6.07) is 16.7. The summed E-state index contributed by atoms with van der Waals surface area (Å²) in [5.41, 5.74) is 15.2. The van der Waals surface area contributed by atoms with E-state index in [2.05, 4.69) is 84.3 Å². The van der Waals surface area contributed by atoms with Crippen molar-refractivity contribution in [1.29, 1.82) is 0 Å². The molecule has 2 aromatic carbocycles. The van der Waals surface area contributed by atoms with E-state index in [1.165, 1.54) is 23.1 Å². The molecular formula is C53H61N3O4. The number of esters is 2. The molecule has 13 atom stereocenters. The maximum Gasteiger partial charge on any atom is 0.339 e. The minimum atomic E-state index is -0.972. The van der Waals surface area contributed by atoms with E-state index in [1.54, 1.807) is 16.8 Å². The Balaban J connectivity index is 1.11. The van der Waals surface area contributed by atoms with Gasteiger partial charge in [-0.25, -0.2) is 4.79 Å². The Hall–Kier alpha value is -3.94. The van der Waals surface area contributed by atoms with Crippen molar-refractivity contribution >= 4 is 11.9 Å². The van der Waals surface area contributed by atoms with E-state index in [4.69, 9.17) is 15.2 Å². The van der Waals surface area contributed by atoms with Crippen molar-refractivity contribution in [1.82, 2.24) is 9.80 Å². The molecule has 3 saturated heterocycles. The molecule has 13 unspecified atom stereocenters. The van der Waals surface area contributed by atoms with E-state index in [9.17, 15) is 4.79 Å². The Bertz CT molecular complexity index is 2370. The lowest BCUT2D eigenvalue weighted by Gasteiger charge is -2.72. The first-order chi connectivity index (χ1) is 29.3. The number of fused-ring (bicyclic) bond motifs is 7. The molecule has 60 heavy (non-hydrogen) atoms.